The van der Waals surface area contributed by atoms with Gasteiger partial charge in [-0.3, -0.25) is 4.68 Å². The molecule has 0 bridgehead atoms. The van der Waals surface area contributed by atoms with Crippen molar-refractivity contribution in [3.8, 4) is 10.4 Å². The molecule has 0 atom stereocenters. The number of aromatic nitrogens is 3. The number of nitrogens with one attached hydrogen (secondary N) is 1. The Kier molecular flexibility index (Phi) is 2.02. The molecule has 0 saturated heterocycles. The zero-order valence-electron chi connectivity index (χ0n) is 7.48. The van der Waals surface area contributed by atoms with E-state index in [1.165, 1.54) is 0 Å². The summed E-state index contributed by atoms with van der Waals surface area (Å²) in [7, 11) is 3.77. The van der Waals surface area contributed by atoms with Gasteiger partial charge in [-0.2, -0.15) is 5.10 Å². The van der Waals surface area contributed by atoms with E-state index in [1.807, 2.05) is 32.7 Å². The van der Waals surface area contributed by atoms with E-state index in [9.17, 15) is 0 Å². The zero-order valence-corrected chi connectivity index (χ0v) is 8.30. The molecule has 0 aliphatic heterocycles. The Balaban J connectivity index is 2.35. The minimum absolute atomic E-state index is 0.929. The summed E-state index contributed by atoms with van der Waals surface area (Å²) in [6, 6.07) is 0. The van der Waals surface area contributed by atoms with Gasteiger partial charge in [-0.05, 0) is 0 Å². The van der Waals surface area contributed by atoms with Crippen LogP contribution in [0.2, 0.25) is 0 Å². The Morgan fingerprint density at radius 3 is 2.85 bits per heavy atom. The number of aryl methyl sites for hydroxylation is 1. The number of anilines is 1. The van der Waals surface area contributed by atoms with Crippen LogP contribution in [0.15, 0.2) is 18.6 Å². The van der Waals surface area contributed by atoms with Gasteiger partial charge < -0.3 is 5.32 Å². The van der Waals surface area contributed by atoms with Gasteiger partial charge in [0.2, 0.25) is 0 Å². The van der Waals surface area contributed by atoms with Crippen molar-refractivity contribution in [1.82, 2.24) is 14.8 Å². The van der Waals surface area contributed by atoms with Crippen molar-refractivity contribution in [3.63, 3.8) is 0 Å². The molecule has 0 amide bonds. The van der Waals surface area contributed by atoms with Gasteiger partial charge in [0, 0.05) is 32.1 Å². The third-order valence-electron chi connectivity index (χ3n) is 1.71. The maximum atomic E-state index is 4.19. The van der Waals surface area contributed by atoms with Crippen LogP contribution in [0.5, 0.6) is 0 Å². The molecule has 0 aromatic carbocycles. The van der Waals surface area contributed by atoms with E-state index < -0.39 is 0 Å². The summed E-state index contributed by atoms with van der Waals surface area (Å²) in [5.41, 5.74) is 1.11. The normalized spacial score (nSPS) is 10.3. The standard InChI is InChI=1S/C8H10N4S/c1-9-8-10-4-7(13-8)6-3-11-12(2)5-6/h3-5H,1-2H3,(H,9,10). The van der Waals surface area contributed by atoms with Gasteiger partial charge in [-0.1, -0.05) is 11.3 Å². The van der Waals surface area contributed by atoms with E-state index in [2.05, 4.69) is 15.4 Å². The second kappa shape index (κ2) is 3.18. The fraction of sp³-hybridized carbons (Fsp3) is 0.250. The van der Waals surface area contributed by atoms with Crippen molar-refractivity contribution in [2.24, 2.45) is 7.05 Å². The highest BCUT2D eigenvalue weighted by Gasteiger charge is 2.04. The second-order valence-corrected chi connectivity index (χ2v) is 3.71. The lowest BCUT2D eigenvalue weighted by molar-refractivity contribution is 0.768. The van der Waals surface area contributed by atoms with Crippen molar-refractivity contribution in [3.05, 3.63) is 18.6 Å². The number of rotatable bonds is 2. The van der Waals surface area contributed by atoms with E-state index in [0.717, 1.165) is 15.6 Å². The topological polar surface area (TPSA) is 42.7 Å². The smallest absolute Gasteiger partial charge is 0.182 e. The fourth-order valence-electron chi connectivity index (χ4n) is 1.07. The van der Waals surface area contributed by atoms with Crippen LogP contribution in [0.3, 0.4) is 0 Å². The molecule has 0 fully saturated rings. The monoisotopic (exact) mass is 194 g/mol. The molecule has 0 aliphatic carbocycles. The maximum absolute atomic E-state index is 4.19. The largest absolute Gasteiger partial charge is 0.365 e. The first-order chi connectivity index (χ1) is 6.29. The van der Waals surface area contributed by atoms with Crippen LogP contribution < -0.4 is 5.32 Å². The van der Waals surface area contributed by atoms with Crippen molar-refractivity contribution in [2.75, 3.05) is 12.4 Å². The van der Waals surface area contributed by atoms with Gasteiger partial charge in [0.05, 0.1) is 11.1 Å². The Morgan fingerprint density at radius 1 is 1.46 bits per heavy atom. The van der Waals surface area contributed by atoms with Crippen LogP contribution in [-0.4, -0.2) is 21.8 Å². The third-order valence-corrected chi connectivity index (χ3v) is 2.77. The van der Waals surface area contributed by atoms with E-state index >= 15 is 0 Å². The first-order valence-corrected chi connectivity index (χ1v) is 4.74. The fourth-order valence-corrected chi connectivity index (χ4v) is 1.82. The van der Waals surface area contributed by atoms with Gasteiger partial charge in [0.25, 0.3) is 0 Å². The van der Waals surface area contributed by atoms with Crippen LogP contribution in [0.1, 0.15) is 0 Å². The lowest BCUT2D eigenvalue weighted by atomic mass is 10.3. The van der Waals surface area contributed by atoms with Crippen LogP contribution in [0.4, 0.5) is 5.13 Å². The minimum atomic E-state index is 0.929. The van der Waals surface area contributed by atoms with Gasteiger partial charge in [-0.15, -0.1) is 0 Å². The van der Waals surface area contributed by atoms with Crippen molar-refractivity contribution in [1.29, 1.82) is 0 Å². The molecule has 5 heteroatoms. The predicted octanol–water partition coefficient (Wildman–Crippen LogP) is 1.59. The number of hydrogen-bond donors (Lipinski definition) is 1. The molecule has 13 heavy (non-hydrogen) atoms. The average Bonchev–Trinajstić information content (AvgIpc) is 2.71. The first kappa shape index (κ1) is 8.25. The molecule has 1 N–H and O–H groups in total. The van der Waals surface area contributed by atoms with E-state index in [4.69, 9.17) is 0 Å². The van der Waals surface area contributed by atoms with E-state index in [1.54, 1.807) is 16.0 Å². The minimum Gasteiger partial charge on any atom is -0.365 e. The van der Waals surface area contributed by atoms with Crippen molar-refractivity contribution < 1.29 is 0 Å². The summed E-state index contributed by atoms with van der Waals surface area (Å²) in [5.74, 6) is 0. The Morgan fingerprint density at radius 2 is 2.31 bits per heavy atom. The molecule has 2 heterocycles. The van der Waals surface area contributed by atoms with Crippen molar-refractivity contribution in [2.45, 2.75) is 0 Å². The van der Waals surface area contributed by atoms with Gasteiger partial charge in [0.15, 0.2) is 5.13 Å². The van der Waals surface area contributed by atoms with Gasteiger partial charge in [-0.25, -0.2) is 4.98 Å². The van der Waals surface area contributed by atoms with Gasteiger partial charge in [0.1, 0.15) is 0 Å². The number of nitrogens with zero attached hydrogens (tertiary/aromatic N) is 3. The highest BCUT2D eigenvalue weighted by atomic mass is 32.1. The van der Waals surface area contributed by atoms with Crippen LogP contribution in [0.25, 0.3) is 10.4 Å². The summed E-state index contributed by atoms with van der Waals surface area (Å²) in [6.07, 6.45) is 5.67. The Labute approximate surface area is 80.2 Å². The highest BCUT2D eigenvalue weighted by molar-refractivity contribution is 7.18. The van der Waals surface area contributed by atoms with Gasteiger partial charge >= 0.3 is 0 Å². The second-order valence-electron chi connectivity index (χ2n) is 2.68. The molecule has 0 radical (unpaired) electrons. The van der Waals surface area contributed by atoms with Crippen LogP contribution in [0, 0.1) is 0 Å². The summed E-state index contributed by atoms with van der Waals surface area (Å²) in [4.78, 5) is 5.33. The Bertz CT molecular complexity index is 404. The van der Waals surface area contributed by atoms with E-state index in [0.29, 0.717) is 0 Å². The first-order valence-electron chi connectivity index (χ1n) is 3.92. The molecule has 68 valence electrons. The van der Waals surface area contributed by atoms with E-state index in [-0.39, 0.29) is 0 Å². The molecule has 2 rings (SSSR count). The maximum Gasteiger partial charge on any atom is 0.182 e. The summed E-state index contributed by atoms with van der Waals surface area (Å²) >= 11 is 1.62. The quantitative estimate of drug-likeness (QED) is 0.789. The van der Waals surface area contributed by atoms with Crippen LogP contribution in [-0.2, 0) is 7.05 Å². The summed E-state index contributed by atoms with van der Waals surface area (Å²) in [6.45, 7) is 0. The predicted molar refractivity (Wildman–Crippen MR) is 53.9 cm³/mol. The molecule has 0 saturated carbocycles. The molecular weight excluding hydrogens is 184 g/mol. The SMILES string of the molecule is CNc1ncc(-c2cnn(C)c2)s1. The summed E-state index contributed by atoms with van der Waals surface area (Å²) in [5, 5.41) is 8.04. The number of hydrogen-bond acceptors (Lipinski definition) is 4. The average molecular weight is 194 g/mol. The lowest BCUT2D eigenvalue weighted by Crippen LogP contribution is -1.83. The molecule has 0 unspecified atom stereocenters. The molecule has 2 aromatic heterocycles. The number of thiazole rings is 1. The Hall–Kier alpha value is -1.36. The molecule has 0 spiro atoms. The molecule has 4 nitrogen and oxygen atoms in total. The van der Waals surface area contributed by atoms with Crippen molar-refractivity contribution >= 4 is 16.5 Å². The van der Waals surface area contributed by atoms with Crippen LogP contribution >= 0.6 is 11.3 Å². The summed E-state index contributed by atoms with van der Waals surface area (Å²) < 4.78 is 1.79. The highest BCUT2D eigenvalue weighted by Crippen LogP contribution is 2.27. The molecule has 2 aromatic rings. The molecule has 0 aliphatic rings. The zero-order chi connectivity index (χ0) is 9.26. The lowest BCUT2D eigenvalue weighted by Gasteiger charge is -1.88. The molecular formula is C8H10N4S. The third kappa shape index (κ3) is 1.55.